The van der Waals surface area contributed by atoms with Gasteiger partial charge >= 0.3 is 21.3 Å². The van der Waals surface area contributed by atoms with Crippen LogP contribution in [-0.2, 0) is 22.7 Å². The van der Waals surface area contributed by atoms with E-state index in [1.165, 1.54) is 25.3 Å². The van der Waals surface area contributed by atoms with Crippen molar-refractivity contribution in [2.24, 2.45) is 0 Å². The Morgan fingerprint density at radius 3 is 2.58 bits per heavy atom. The molecule has 14 heteroatoms. The van der Waals surface area contributed by atoms with Gasteiger partial charge in [0.1, 0.15) is 6.10 Å². The molecule has 0 saturated carbocycles. The molecular formula is C10H14N2O10P2. The second kappa shape index (κ2) is 6.87. The fourth-order valence-electron chi connectivity index (χ4n) is 1.84. The third kappa shape index (κ3) is 5.07. The van der Waals surface area contributed by atoms with Gasteiger partial charge < -0.3 is 19.4 Å². The maximum atomic E-state index is 11.7. The van der Waals surface area contributed by atoms with E-state index in [1.807, 2.05) is 0 Å². The smallest absolute Gasteiger partial charge is 0.344 e. The Labute approximate surface area is 134 Å². The normalized spacial score (nSPS) is 23.3. The molecule has 0 spiro atoms. The molecule has 2 unspecified atom stereocenters. The quantitative estimate of drug-likeness (QED) is 0.370. The van der Waals surface area contributed by atoms with Gasteiger partial charge in [-0.15, -0.1) is 0 Å². The fraction of sp³-hybridized carbons (Fsp3) is 0.400. The van der Waals surface area contributed by atoms with E-state index in [-0.39, 0.29) is 5.56 Å². The lowest BCUT2D eigenvalue weighted by Gasteiger charge is -2.18. The summed E-state index contributed by atoms with van der Waals surface area (Å²) in [5.41, 5.74) is -0.963. The highest BCUT2D eigenvalue weighted by Gasteiger charge is 2.34. The van der Waals surface area contributed by atoms with Gasteiger partial charge in [-0.05, 0) is 13.0 Å². The van der Waals surface area contributed by atoms with Crippen LogP contribution >= 0.6 is 15.6 Å². The zero-order valence-electron chi connectivity index (χ0n) is 12.1. The standard InChI is InChI=1S/C10H14N2O10P2/c1-6-4-12(10(14)11-9(6)13)8-3-2-7(21-8)5-20-24(18,19)22-23(15,16)17/h2-4,7-8H,5H2,1H3,(H,18,19)(H,11,13,14)(H2,15,16,17)/t7-,8?/m0/s1. The monoisotopic (exact) mass is 384 g/mol. The Balaban J connectivity index is 2.00. The van der Waals surface area contributed by atoms with Crippen molar-refractivity contribution in [3.63, 3.8) is 0 Å². The summed E-state index contributed by atoms with van der Waals surface area (Å²) in [6, 6.07) is 0. The van der Waals surface area contributed by atoms with Gasteiger partial charge in [-0.3, -0.25) is 18.9 Å². The molecule has 2 rings (SSSR count). The van der Waals surface area contributed by atoms with Crippen LogP contribution in [-0.4, -0.2) is 36.9 Å². The van der Waals surface area contributed by atoms with Crippen LogP contribution in [0, 0.1) is 6.92 Å². The number of hydrogen-bond acceptors (Lipinski definition) is 7. The molecule has 1 aliphatic rings. The molecule has 0 fully saturated rings. The van der Waals surface area contributed by atoms with Crippen molar-refractivity contribution in [3.05, 3.63) is 44.8 Å². The summed E-state index contributed by atoms with van der Waals surface area (Å²) in [6.45, 7) is 0.938. The van der Waals surface area contributed by atoms with Crippen molar-refractivity contribution in [1.29, 1.82) is 0 Å². The van der Waals surface area contributed by atoms with Crippen LogP contribution in [0.5, 0.6) is 0 Å². The molecule has 12 nitrogen and oxygen atoms in total. The Morgan fingerprint density at radius 2 is 1.96 bits per heavy atom. The molecule has 0 radical (unpaired) electrons. The molecule has 2 heterocycles. The molecule has 1 aromatic heterocycles. The highest BCUT2D eigenvalue weighted by molar-refractivity contribution is 7.60. The molecule has 0 aliphatic carbocycles. The summed E-state index contributed by atoms with van der Waals surface area (Å²) in [4.78, 5) is 51.2. The average Bonchev–Trinajstić information content (AvgIpc) is 2.87. The van der Waals surface area contributed by atoms with E-state index < -0.39 is 45.8 Å². The van der Waals surface area contributed by atoms with E-state index in [2.05, 4.69) is 13.8 Å². The van der Waals surface area contributed by atoms with E-state index in [1.54, 1.807) is 0 Å². The minimum atomic E-state index is -5.20. The summed E-state index contributed by atoms with van der Waals surface area (Å²) < 4.78 is 36.4. The summed E-state index contributed by atoms with van der Waals surface area (Å²) in [5, 5.41) is 0. The lowest BCUT2D eigenvalue weighted by atomic mass is 10.3. The molecule has 24 heavy (non-hydrogen) atoms. The third-order valence-electron chi connectivity index (χ3n) is 2.84. The van der Waals surface area contributed by atoms with Crippen molar-refractivity contribution in [3.8, 4) is 0 Å². The number of nitrogens with one attached hydrogen (secondary N) is 1. The van der Waals surface area contributed by atoms with E-state index in [9.17, 15) is 18.7 Å². The number of nitrogens with zero attached hydrogens (tertiary/aromatic N) is 1. The molecule has 1 aliphatic heterocycles. The minimum Gasteiger partial charge on any atom is -0.344 e. The van der Waals surface area contributed by atoms with Crippen molar-refractivity contribution < 1.29 is 37.4 Å². The Hall–Kier alpha value is -1.36. The molecule has 1 aromatic rings. The number of aromatic nitrogens is 2. The molecule has 0 amide bonds. The number of phosphoric acid groups is 2. The molecule has 0 aromatic carbocycles. The van der Waals surface area contributed by atoms with Gasteiger partial charge in [0.25, 0.3) is 5.56 Å². The number of hydrogen-bond donors (Lipinski definition) is 4. The third-order valence-corrected chi connectivity index (χ3v) is 4.99. The fourth-order valence-corrected chi connectivity index (χ4v) is 3.44. The van der Waals surface area contributed by atoms with Crippen LogP contribution in [0.1, 0.15) is 11.8 Å². The lowest BCUT2D eigenvalue weighted by Crippen LogP contribution is -2.33. The lowest BCUT2D eigenvalue weighted by molar-refractivity contribution is -0.0105. The van der Waals surface area contributed by atoms with E-state index in [0.717, 1.165) is 4.57 Å². The van der Waals surface area contributed by atoms with Gasteiger partial charge in [0.15, 0.2) is 6.23 Å². The second-order valence-corrected chi connectivity index (χ2v) is 7.59. The van der Waals surface area contributed by atoms with E-state index in [4.69, 9.17) is 19.4 Å². The highest BCUT2D eigenvalue weighted by atomic mass is 31.3. The molecule has 0 bridgehead atoms. The van der Waals surface area contributed by atoms with Crippen molar-refractivity contribution in [2.75, 3.05) is 6.61 Å². The number of phosphoric ester groups is 1. The SMILES string of the molecule is Cc1cn(C2C=C[C@@H](COP(=O)(O)OP(=O)(O)O)O2)c(=O)[nH]c1=O. The van der Waals surface area contributed by atoms with E-state index >= 15 is 0 Å². The zero-order valence-corrected chi connectivity index (χ0v) is 13.9. The maximum absolute atomic E-state index is 11.7. The predicted octanol–water partition coefficient (Wildman–Crippen LogP) is -0.475. The summed E-state index contributed by atoms with van der Waals surface area (Å²) >= 11 is 0. The Kier molecular flexibility index (Phi) is 5.43. The molecule has 0 saturated heterocycles. The van der Waals surface area contributed by atoms with Crippen molar-refractivity contribution in [2.45, 2.75) is 19.3 Å². The first kappa shape index (κ1) is 19.0. The topological polar surface area (TPSA) is 177 Å². The largest absolute Gasteiger partial charge is 0.481 e. The molecule has 4 N–H and O–H groups in total. The van der Waals surface area contributed by atoms with Crippen molar-refractivity contribution in [1.82, 2.24) is 9.55 Å². The van der Waals surface area contributed by atoms with Gasteiger partial charge in [-0.1, -0.05) is 6.08 Å². The number of aryl methyl sites for hydroxylation is 1. The van der Waals surface area contributed by atoms with Crippen LogP contribution in [0.15, 0.2) is 27.9 Å². The first-order valence-corrected chi connectivity index (χ1v) is 9.39. The number of H-pyrrole nitrogens is 1. The summed E-state index contributed by atoms with van der Waals surface area (Å²) in [6.07, 6.45) is 2.37. The maximum Gasteiger partial charge on any atom is 0.481 e. The van der Waals surface area contributed by atoms with Gasteiger partial charge in [-0.25, -0.2) is 13.9 Å². The van der Waals surface area contributed by atoms with Crippen molar-refractivity contribution >= 4 is 15.6 Å². The first-order chi connectivity index (χ1) is 11.0. The van der Waals surface area contributed by atoms with Crippen LogP contribution in [0.3, 0.4) is 0 Å². The van der Waals surface area contributed by atoms with Crippen LogP contribution in [0.2, 0.25) is 0 Å². The number of aromatic amines is 1. The van der Waals surface area contributed by atoms with Crippen LogP contribution in [0.4, 0.5) is 0 Å². The summed E-state index contributed by atoms with van der Waals surface area (Å²) in [7, 11) is -10.2. The zero-order chi connectivity index (χ0) is 18.1. The number of rotatable bonds is 6. The Morgan fingerprint density at radius 1 is 1.29 bits per heavy atom. The molecular weight excluding hydrogens is 370 g/mol. The van der Waals surface area contributed by atoms with Crippen LogP contribution < -0.4 is 11.2 Å². The van der Waals surface area contributed by atoms with Crippen LogP contribution in [0.25, 0.3) is 0 Å². The van der Waals surface area contributed by atoms with Gasteiger partial charge in [-0.2, -0.15) is 4.31 Å². The molecule has 134 valence electrons. The average molecular weight is 384 g/mol. The number of ether oxygens (including phenoxy) is 1. The summed E-state index contributed by atoms with van der Waals surface area (Å²) in [5.74, 6) is 0. The van der Waals surface area contributed by atoms with Gasteiger partial charge in [0, 0.05) is 11.8 Å². The predicted molar refractivity (Wildman–Crippen MR) is 78.0 cm³/mol. The molecule has 3 atom stereocenters. The first-order valence-electron chi connectivity index (χ1n) is 6.37. The van der Waals surface area contributed by atoms with E-state index in [0.29, 0.717) is 0 Å². The van der Waals surface area contributed by atoms with Gasteiger partial charge in [0.2, 0.25) is 0 Å². The highest BCUT2D eigenvalue weighted by Crippen LogP contribution is 2.57. The minimum absolute atomic E-state index is 0.279. The Bertz CT molecular complexity index is 852. The second-order valence-electron chi connectivity index (χ2n) is 4.77. The van der Waals surface area contributed by atoms with Gasteiger partial charge in [0.05, 0.1) is 6.61 Å².